The number of amides is 3. The summed E-state index contributed by atoms with van der Waals surface area (Å²) in [6.45, 7) is -0.0532. The van der Waals surface area contributed by atoms with E-state index < -0.39 is 17.8 Å². The Balaban J connectivity index is 1.88. The van der Waals surface area contributed by atoms with Gasteiger partial charge in [0.05, 0.1) is 0 Å². The third-order valence-electron chi connectivity index (χ3n) is 2.03. The summed E-state index contributed by atoms with van der Waals surface area (Å²) in [5.41, 5.74) is 0.360. The largest absolute Gasteiger partial charge is 0.461 e. The van der Waals surface area contributed by atoms with Crippen molar-refractivity contribution in [2.24, 2.45) is 0 Å². The molecule has 0 fully saturated rings. The van der Waals surface area contributed by atoms with Gasteiger partial charge in [-0.1, -0.05) is 0 Å². The standard InChI is InChI=1S/C11H9FN2O4/c12-7-1-3-8(4-2-7)13-11(16)14-10(15)9-5-17-6-18-9/h1-5H,6H2,(H2,13,14,15,16). The molecule has 94 valence electrons. The Morgan fingerprint density at radius 2 is 1.94 bits per heavy atom. The first-order valence-electron chi connectivity index (χ1n) is 4.97. The Kier molecular flexibility index (Phi) is 3.42. The van der Waals surface area contributed by atoms with Crippen LogP contribution in [0.5, 0.6) is 0 Å². The third kappa shape index (κ3) is 2.97. The molecule has 2 N–H and O–H groups in total. The van der Waals surface area contributed by atoms with Gasteiger partial charge in [-0.15, -0.1) is 0 Å². The number of imide groups is 1. The predicted octanol–water partition coefficient (Wildman–Crippen LogP) is 1.32. The molecule has 0 spiro atoms. The molecule has 0 radical (unpaired) electrons. The molecule has 1 aromatic carbocycles. The lowest BCUT2D eigenvalue weighted by atomic mass is 10.3. The molecule has 6 nitrogen and oxygen atoms in total. The second kappa shape index (κ2) is 5.17. The number of ether oxygens (including phenoxy) is 2. The molecule has 0 saturated heterocycles. The number of carbonyl (C=O) groups excluding carboxylic acids is 2. The van der Waals surface area contributed by atoms with Crippen LogP contribution >= 0.6 is 0 Å². The maximum Gasteiger partial charge on any atom is 0.326 e. The molecule has 3 amide bonds. The molecule has 0 unspecified atom stereocenters. The van der Waals surface area contributed by atoms with E-state index in [0.717, 1.165) is 6.26 Å². The topological polar surface area (TPSA) is 76.7 Å². The fraction of sp³-hybridized carbons (Fsp3) is 0.0909. The Bertz CT molecular complexity index is 498. The summed E-state index contributed by atoms with van der Waals surface area (Å²) in [4.78, 5) is 22.8. The summed E-state index contributed by atoms with van der Waals surface area (Å²) in [5.74, 6) is -1.21. The molecule has 1 aliphatic rings. The molecule has 18 heavy (non-hydrogen) atoms. The van der Waals surface area contributed by atoms with Crippen LogP contribution in [0, 0.1) is 5.82 Å². The molecule has 0 atom stereocenters. The number of hydrogen-bond acceptors (Lipinski definition) is 4. The first kappa shape index (κ1) is 11.9. The monoisotopic (exact) mass is 252 g/mol. The van der Waals surface area contributed by atoms with Crippen LogP contribution in [0.4, 0.5) is 14.9 Å². The number of carbonyl (C=O) groups is 2. The average Bonchev–Trinajstić information content (AvgIpc) is 2.85. The van der Waals surface area contributed by atoms with Crippen molar-refractivity contribution >= 4 is 17.6 Å². The van der Waals surface area contributed by atoms with E-state index >= 15 is 0 Å². The number of halogens is 1. The maximum atomic E-state index is 12.6. The summed E-state index contributed by atoms with van der Waals surface area (Å²) in [5, 5.41) is 4.39. The Morgan fingerprint density at radius 1 is 1.22 bits per heavy atom. The fourth-order valence-corrected chi connectivity index (χ4v) is 1.22. The van der Waals surface area contributed by atoms with Crippen molar-refractivity contribution in [3.63, 3.8) is 0 Å². The van der Waals surface area contributed by atoms with Crippen LogP contribution in [0.2, 0.25) is 0 Å². The molecule has 0 saturated carbocycles. The molecule has 2 rings (SSSR count). The van der Waals surface area contributed by atoms with Crippen molar-refractivity contribution in [2.45, 2.75) is 0 Å². The molecule has 1 aliphatic heterocycles. The highest BCUT2D eigenvalue weighted by atomic mass is 19.1. The van der Waals surface area contributed by atoms with E-state index in [1.807, 2.05) is 5.32 Å². The van der Waals surface area contributed by atoms with Gasteiger partial charge in [0, 0.05) is 5.69 Å². The van der Waals surface area contributed by atoms with Gasteiger partial charge in [-0.05, 0) is 24.3 Å². The number of rotatable bonds is 2. The van der Waals surface area contributed by atoms with Crippen LogP contribution in [0.15, 0.2) is 36.3 Å². The zero-order valence-electron chi connectivity index (χ0n) is 9.10. The first-order chi connectivity index (χ1) is 8.65. The van der Waals surface area contributed by atoms with Crippen molar-refractivity contribution in [3.8, 4) is 0 Å². The van der Waals surface area contributed by atoms with E-state index in [4.69, 9.17) is 4.74 Å². The molecular weight excluding hydrogens is 243 g/mol. The predicted molar refractivity (Wildman–Crippen MR) is 58.7 cm³/mol. The lowest BCUT2D eigenvalue weighted by Gasteiger charge is -2.06. The number of benzene rings is 1. The van der Waals surface area contributed by atoms with Crippen LogP contribution in [0.3, 0.4) is 0 Å². The van der Waals surface area contributed by atoms with Crippen LogP contribution in [-0.2, 0) is 14.3 Å². The van der Waals surface area contributed by atoms with Gasteiger partial charge >= 0.3 is 6.03 Å². The minimum absolute atomic E-state index is 0.0532. The minimum Gasteiger partial charge on any atom is -0.461 e. The third-order valence-corrected chi connectivity index (χ3v) is 2.03. The second-order valence-electron chi connectivity index (χ2n) is 3.33. The molecule has 0 aliphatic carbocycles. The highest BCUT2D eigenvalue weighted by Crippen LogP contribution is 2.09. The van der Waals surface area contributed by atoms with Gasteiger partial charge in [-0.3, -0.25) is 10.1 Å². The molecule has 0 bridgehead atoms. The summed E-state index contributed by atoms with van der Waals surface area (Å²) in [6.07, 6.45) is 1.11. The van der Waals surface area contributed by atoms with Gasteiger partial charge in [0.15, 0.2) is 0 Å². The summed E-state index contributed by atoms with van der Waals surface area (Å²) in [6, 6.07) is 4.37. The zero-order valence-corrected chi connectivity index (χ0v) is 9.10. The van der Waals surface area contributed by atoms with Gasteiger partial charge in [-0.25, -0.2) is 9.18 Å². The smallest absolute Gasteiger partial charge is 0.326 e. The first-order valence-corrected chi connectivity index (χ1v) is 4.97. The van der Waals surface area contributed by atoms with Crippen molar-refractivity contribution in [1.82, 2.24) is 5.32 Å². The van der Waals surface area contributed by atoms with Crippen molar-refractivity contribution < 1.29 is 23.5 Å². The van der Waals surface area contributed by atoms with Crippen molar-refractivity contribution in [2.75, 3.05) is 12.1 Å². The molecule has 1 aromatic rings. The van der Waals surface area contributed by atoms with Gasteiger partial charge in [0.2, 0.25) is 12.6 Å². The number of hydrogen-bond donors (Lipinski definition) is 2. The Hall–Kier alpha value is -2.57. The number of urea groups is 1. The normalized spacial score (nSPS) is 13.1. The highest BCUT2D eigenvalue weighted by Gasteiger charge is 2.18. The van der Waals surface area contributed by atoms with Crippen molar-refractivity contribution in [1.29, 1.82) is 0 Å². The fourth-order valence-electron chi connectivity index (χ4n) is 1.22. The highest BCUT2D eigenvalue weighted by molar-refractivity contribution is 6.06. The van der Waals surface area contributed by atoms with E-state index in [-0.39, 0.29) is 12.6 Å². The van der Waals surface area contributed by atoms with Gasteiger partial charge in [0.1, 0.15) is 12.1 Å². The quantitative estimate of drug-likeness (QED) is 0.832. The molecular formula is C11H9FN2O4. The van der Waals surface area contributed by atoms with Crippen molar-refractivity contribution in [3.05, 3.63) is 42.1 Å². The SMILES string of the molecule is O=C(NC(=O)C1=COCO1)Nc1ccc(F)cc1. The van der Waals surface area contributed by atoms with E-state index in [9.17, 15) is 14.0 Å². The lowest BCUT2D eigenvalue weighted by molar-refractivity contribution is -0.119. The van der Waals surface area contributed by atoms with Crippen LogP contribution in [0.25, 0.3) is 0 Å². The van der Waals surface area contributed by atoms with Gasteiger partial charge < -0.3 is 14.8 Å². The van der Waals surface area contributed by atoms with Crippen LogP contribution in [0.1, 0.15) is 0 Å². The number of anilines is 1. The van der Waals surface area contributed by atoms with Gasteiger partial charge in [0.25, 0.3) is 5.91 Å². The molecule has 0 aromatic heterocycles. The van der Waals surface area contributed by atoms with E-state index in [1.165, 1.54) is 24.3 Å². The summed E-state index contributed by atoms with van der Waals surface area (Å²) in [7, 11) is 0. The Labute approximate surface area is 101 Å². The second-order valence-corrected chi connectivity index (χ2v) is 3.33. The summed E-state index contributed by atoms with van der Waals surface area (Å²) < 4.78 is 22.1. The van der Waals surface area contributed by atoms with E-state index in [0.29, 0.717) is 5.69 Å². The zero-order chi connectivity index (χ0) is 13.0. The average molecular weight is 252 g/mol. The van der Waals surface area contributed by atoms with Crippen LogP contribution in [-0.4, -0.2) is 18.7 Å². The van der Waals surface area contributed by atoms with E-state index in [2.05, 4.69) is 10.1 Å². The Morgan fingerprint density at radius 3 is 2.56 bits per heavy atom. The minimum atomic E-state index is -0.747. The van der Waals surface area contributed by atoms with Crippen LogP contribution < -0.4 is 10.6 Å². The summed E-state index contributed by atoms with van der Waals surface area (Å²) >= 11 is 0. The molecule has 1 heterocycles. The number of nitrogens with one attached hydrogen (secondary N) is 2. The van der Waals surface area contributed by atoms with Gasteiger partial charge in [-0.2, -0.15) is 0 Å². The maximum absolute atomic E-state index is 12.6. The lowest BCUT2D eigenvalue weighted by Crippen LogP contribution is -2.35. The molecule has 7 heteroatoms. The van der Waals surface area contributed by atoms with E-state index in [1.54, 1.807) is 0 Å².